The number of carbonyl (C=O) groups is 1. The summed E-state index contributed by atoms with van der Waals surface area (Å²) in [5.74, 6) is -0.423. The van der Waals surface area contributed by atoms with Crippen molar-refractivity contribution in [3.63, 3.8) is 0 Å². The number of hydrogen-bond acceptors (Lipinski definition) is 4. The average Bonchev–Trinajstić information content (AvgIpc) is 3.15. The van der Waals surface area contributed by atoms with Gasteiger partial charge in [-0.15, -0.1) is 11.3 Å². The number of hydrogen-bond donors (Lipinski definition) is 2. The first-order valence-electron chi connectivity index (χ1n) is 8.74. The average molecular weight is 619 g/mol. The van der Waals surface area contributed by atoms with Gasteiger partial charge < -0.3 is 5.32 Å². The molecule has 3 aromatic carbocycles. The van der Waals surface area contributed by atoms with Crippen LogP contribution in [-0.2, 0) is 0 Å². The molecule has 156 valence electrons. The molecule has 1 amide bonds. The van der Waals surface area contributed by atoms with Gasteiger partial charge in [0.2, 0.25) is 0 Å². The lowest BCUT2D eigenvalue weighted by Crippen LogP contribution is -2.34. The second kappa shape index (κ2) is 9.56. The second-order valence-corrected chi connectivity index (χ2v) is 10.3. The Kier molecular flexibility index (Phi) is 7.00. The lowest BCUT2D eigenvalue weighted by Gasteiger charge is -2.15. The number of nitrogens with zero attached hydrogens (tertiary/aromatic N) is 1. The molecule has 1 heterocycles. The van der Waals surface area contributed by atoms with Crippen LogP contribution in [0.15, 0.2) is 54.6 Å². The van der Waals surface area contributed by atoms with Crippen molar-refractivity contribution in [2.45, 2.75) is 0 Å². The first-order valence-corrected chi connectivity index (χ1v) is 12.2. The lowest BCUT2D eigenvalue weighted by atomic mass is 10.2. The van der Waals surface area contributed by atoms with E-state index in [1.807, 2.05) is 30.3 Å². The van der Waals surface area contributed by atoms with E-state index in [0.29, 0.717) is 31.9 Å². The van der Waals surface area contributed by atoms with Crippen molar-refractivity contribution < 1.29 is 4.79 Å². The van der Waals surface area contributed by atoms with Crippen LogP contribution in [0, 0.1) is 3.57 Å². The molecule has 0 saturated heterocycles. The zero-order chi connectivity index (χ0) is 22.1. The van der Waals surface area contributed by atoms with Gasteiger partial charge in [-0.1, -0.05) is 46.9 Å². The molecule has 0 aliphatic carbocycles. The second-order valence-electron chi connectivity index (χ2n) is 6.33. The molecule has 0 saturated carbocycles. The molecule has 0 aliphatic heterocycles. The Balaban J connectivity index is 1.64. The molecule has 0 fully saturated rings. The van der Waals surface area contributed by atoms with Crippen LogP contribution in [0.25, 0.3) is 20.8 Å². The lowest BCUT2D eigenvalue weighted by molar-refractivity contribution is 0.0978. The summed E-state index contributed by atoms with van der Waals surface area (Å²) in [6, 6.07) is 16.3. The smallest absolute Gasteiger partial charge is 0.258 e. The number of thiazole rings is 1. The molecular weight excluding hydrogens is 608 g/mol. The maximum atomic E-state index is 12.6. The minimum atomic E-state index is -0.423. The van der Waals surface area contributed by atoms with E-state index in [9.17, 15) is 4.79 Å². The highest BCUT2D eigenvalue weighted by Gasteiger charge is 2.18. The topological polar surface area (TPSA) is 54.0 Å². The summed E-state index contributed by atoms with van der Waals surface area (Å²) in [7, 11) is 0. The van der Waals surface area contributed by atoms with Crippen LogP contribution in [0.2, 0.25) is 15.1 Å². The molecule has 1 aromatic heterocycles. The molecular formula is C21H11Cl3IN3OS2. The van der Waals surface area contributed by atoms with E-state index in [-0.39, 0.29) is 5.11 Å². The van der Waals surface area contributed by atoms with Crippen LogP contribution in [0.4, 0.5) is 5.69 Å². The number of anilines is 1. The van der Waals surface area contributed by atoms with Crippen molar-refractivity contribution >= 4 is 108 Å². The zero-order valence-electron chi connectivity index (χ0n) is 15.4. The molecule has 0 radical (unpaired) electrons. The minimum absolute atomic E-state index is 0.0755. The normalized spacial score (nSPS) is 10.8. The van der Waals surface area contributed by atoms with Crippen LogP contribution in [0.1, 0.15) is 10.4 Å². The molecule has 4 aromatic rings. The van der Waals surface area contributed by atoms with Crippen LogP contribution < -0.4 is 10.6 Å². The molecule has 4 rings (SSSR count). The van der Waals surface area contributed by atoms with Gasteiger partial charge in [0.05, 0.1) is 31.5 Å². The Hall–Kier alpha value is -1.49. The van der Waals surface area contributed by atoms with E-state index in [4.69, 9.17) is 47.0 Å². The Morgan fingerprint density at radius 1 is 1.03 bits per heavy atom. The fourth-order valence-corrected chi connectivity index (χ4v) is 5.26. The van der Waals surface area contributed by atoms with Gasteiger partial charge in [-0.25, -0.2) is 4.98 Å². The fourth-order valence-electron chi connectivity index (χ4n) is 2.84. The zero-order valence-corrected chi connectivity index (χ0v) is 21.4. The first-order chi connectivity index (χ1) is 14.8. The van der Waals surface area contributed by atoms with E-state index in [0.717, 1.165) is 18.8 Å². The monoisotopic (exact) mass is 617 g/mol. The number of halogens is 4. The van der Waals surface area contributed by atoms with Gasteiger partial charge in [0.25, 0.3) is 5.91 Å². The van der Waals surface area contributed by atoms with Gasteiger partial charge in [-0.05, 0) is 77.3 Å². The van der Waals surface area contributed by atoms with Crippen LogP contribution in [0.3, 0.4) is 0 Å². The predicted molar refractivity (Wildman–Crippen MR) is 143 cm³/mol. The van der Waals surface area contributed by atoms with E-state index >= 15 is 0 Å². The molecule has 0 spiro atoms. The highest BCUT2D eigenvalue weighted by molar-refractivity contribution is 14.1. The maximum absolute atomic E-state index is 12.6. The summed E-state index contributed by atoms with van der Waals surface area (Å²) in [5.41, 5.74) is 2.38. The summed E-state index contributed by atoms with van der Waals surface area (Å²) in [5, 5.41) is 7.61. The third-order valence-corrected chi connectivity index (χ3v) is 7.01. The minimum Gasteiger partial charge on any atom is -0.331 e. The SMILES string of the molecule is O=C(NC(=S)Nc1c(Cl)cc(Cl)cc1-c1nc2ccccc2s1)c1cc(I)ccc1Cl. The fraction of sp³-hybridized carbons (Fsp3) is 0. The molecule has 31 heavy (non-hydrogen) atoms. The van der Waals surface area contributed by atoms with Crippen molar-refractivity contribution in [3.05, 3.63) is 78.8 Å². The third kappa shape index (κ3) is 5.13. The van der Waals surface area contributed by atoms with Gasteiger partial charge in [-0.3, -0.25) is 10.1 Å². The maximum Gasteiger partial charge on any atom is 0.258 e. The molecule has 10 heteroatoms. The Morgan fingerprint density at radius 2 is 1.81 bits per heavy atom. The number of para-hydroxylation sites is 1. The largest absolute Gasteiger partial charge is 0.331 e. The number of aromatic nitrogens is 1. The van der Waals surface area contributed by atoms with E-state index in [2.05, 4.69) is 38.2 Å². The summed E-state index contributed by atoms with van der Waals surface area (Å²) in [4.78, 5) is 17.3. The number of rotatable bonds is 3. The van der Waals surface area contributed by atoms with E-state index < -0.39 is 5.91 Å². The van der Waals surface area contributed by atoms with Crippen molar-refractivity contribution in [2.75, 3.05) is 5.32 Å². The molecule has 4 nitrogen and oxygen atoms in total. The number of fused-ring (bicyclic) bond motifs is 1. The third-order valence-electron chi connectivity index (χ3n) is 4.22. The summed E-state index contributed by atoms with van der Waals surface area (Å²) >= 11 is 27.8. The number of carbonyl (C=O) groups excluding carboxylic acids is 1. The summed E-state index contributed by atoms with van der Waals surface area (Å²) in [6.07, 6.45) is 0. The Labute approximate surface area is 216 Å². The highest BCUT2D eigenvalue weighted by atomic mass is 127. The van der Waals surface area contributed by atoms with Gasteiger partial charge in [0.15, 0.2) is 5.11 Å². The van der Waals surface area contributed by atoms with Crippen LogP contribution >= 0.6 is 80.9 Å². The summed E-state index contributed by atoms with van der Waals surface area (Å²) < 4.78 is 1.91. The Bertz CT molecular complexity index is 1310. The van der Waals surface area contributed by atoms with Crippen LogP contribution in [-0.4, -0.2) is 16.0 Å². The van der Waals surface area contributed by atoms with Gasteiger partial charge >= 0.3 is 0 Å². The van der Waals surface area contributed by atoms with Crippen molar-refractivity contribution in [1.29, 1.82) is 0 Å². The highest BCUT2D eigenvalue weighted by Crippen LogP contribution is 2.40. The first kappa shape index (κ1) is 22.7. The molecule has 0 bridgehead atoms. The van der Waals surface area contributed by atoms with Crippen LogP contribution in [0.5, 0.6) is 0 Å². The number of benzene rings is 3. The van der Waals surface area contributed by atoms with Gasteiger partial charge in [0.1, 0.15) is 5.01 Å². The predicted octanol–water partition coefficient (Wildman–Crippen LogP) is 7.65. The number of thiocarbonyl (C=S) groups is 1. The van der Waals surface area contributed by atoms with Crippen molar-refractivity contribution in [3.8, 4) is 10.6 Å². The molecule has 0 atom stereocenters. The number of nitrogens with one attached hydrogen (secondary N) is 2. The number of amides is 1. The van der Waals surface area contributed by atoms with E-state index in [1.54, 1.807) is 24.3 Å². The Morgan fingerprint density at radius 3 is 2.58 bits per heavy atom. The van der Waals surface area contributed by atoms with Gasteiger partial charge in [-0.2, -0.15) is 0 Å². The van der Waals surface area contributed by atoms with E-state index in [1.165, 1.54) is 11.3 Å². The van der Waals surface area contributed by atoms with Gasteiger partial charge in [0, 0.05) is 14.2 Å². The van der Waals surface area contributed by atoms with Crippen molar-refractivity contribution in [2.24, 2.45) is 0 Å². The quantitative estimate of drug-likeness (QED) is 0.183. The molecule has 0 aliphatic rings. The van der Waals surface area contributed by atoms with Crippen molar-refractivity contribution in [1.82, 2.24) is 10.3 Å². The molecule has 2 N–H and O–H groups in total. The summed E-state index contributed by atoms with van der Waals surface area (Å²) in [6.45, 7) is 0. The standard InChI is InChI=1S/C21H11Cl3IN3OS2/c22-10-7-13(20-26-16-3-1-2-4-17(16)31-20)18(15(24)8-10)27-21(30)28-19(29)12-9-11(25)5-6-14(12)23/h1-9H,(H2,27,28,29,30). The molecule has 0 unspecified atom stereocenters.